The zero-order chi connectivity index (χ0) is 31.6. The van der Waals surface area contributed by atoms with Gasteiger partial charge < -0.3 is 9.32 Å². The molecule has 2 heteroatoms. The van der Waals surface area contributed by atoms with Gasteiger partial charge in [0.2, 0.25) is 0 Å². The Kier molecular flexibility index (Phi) is 6.04. The molecule has 226 valence electrons. The van der Waals surface area contributed by atoms with E-state index in [1.165, 1.54) is 64.8 Å². The first-order valence-corrected chi connectivity index (χ1v) is 16.8. The molecule has 0 atom stereocenters. The largest absolute Gasteiger partial charge is 0.454 e. The maximum Gasteiger partial charge on any atom is 0.160 e. The number of furan rings is 1. The van der Waals surface area contributed by atoms with Gasteiger partial charge in [-0.1, -0.05) is 133 Å². The number of nitrogens with zero attached hydrogens (tertiary/aromatic N) is 1. The van der Waals surface area contributed by atoms with Gasteiger partial charge in [-0.25, -0.2) is 0 Å². The quantitative estimate of drug-likeness (QED) is 0.184. The Balaban J connectivity index is 1.33. The molecule has 1 aliphatic carbocycles. The SMILES string of the molecule is C1=c2oc3c(N(c4ccc(-c5ccccc5)cc4)c4cc5ccc6ccccc6c5c5ccccc45)cc4ccccc4c3c2=CCC1. The van der Waals surface area contributed by atoms with Gasteiger partial charge in [-0.2, -0.15) is 0 Å². The molecule has 0 unspecified atom stereocenters. The Morgan fingerprint density at radius 1 is 0.438 bits per heavy atom. The predicted octanol–water partition coefficient (Wildman–Crippen LogP) is 11.5. The Labute approximate surface area is 278 Å². The van der Waals surface area contributed by atoms with Crippen molar-refractivity contribution in [3.05, 3.63) is 162 Å². The second-order valence-electron chi connectivity index (χ2n) is 12.8. The van der Waals surface area contributed by atoms with Gasteiger partial charge in [-0.3, -0.25) is 0 Å². The van der Waals surface area contributed by atoms with Crippen LogP contribution in [-0.4, -0.2) is 0 Å². The van der Waals surface area contributed by atoms with Gasteiger partial charge in [0.25, 0.3) is 0 Å². The highest BCUT2D eigenvalue weighted by atomic mass is 16.3. The van der Waals surface area contributed by atoms with Gasteiger partial charge in [-0.05, 0) is 92.0 Å². The molecule has 0 saturated carbocycles. The minimum atomic E-state index is 0.919. The second-order valence-corrected chi connectivity index (χ2v) is 12.8. The maximum absolute atomic E-state index is 6.88. The number of hydrogen-bond acceptors (Lipinski definition) is 2. The molecule has 1 aliphatic rings. The van der Waals surface area contributed by atoms with Gasteiger partial charge >= 0.3 is 0 Å². The van der Waals surface area contributed by atoms with Crippen molar-refractivity contribution in [2.45, 2.75) is 12.8 Å². The number of fused-ring (bicyclic) bond motifs is 10. The molecule has 0 saturated heterocycles. The molecule has 1 aromatic heterocycles. The second kappa shape index (κ2) is 10.7. The van der Waals surface area contributed by atoms with Crippen molar-refractivity contribution in [3.63, 3.8) is 0 Å². The molecule has 0 N–H and O–H groups in total. The molecule has 0 bridgehead atoms. The highest BCUT2D eigenvalue weighted by Crippen LogP contribution is 2.46. The zero-order valence-corrected chi connectivity index (χ0v) is 26.4. The minimum absolute atomic E-state index is 0.919. The zero-order valence-electron chi connectivity index (χ0n) is 26.4. The van der Waals surface area contributed by atoms with Crippen LogP contribution >= 0.6 is 0 Å². The number of hydrogen-bond donors (Lipinski definition) is 0. The van der Waals surface area contributed by atoms with Gasteiger partial charge in [0, 0.05) is 21.7 Å². The molecular formula is C46H31NO. The molecule has 0 spiro atoms. The van der Waals surface area contributed by atoms with Crippen LogP contribution in [0.1, 0.15) is 12.8 Å². The average molecular weight is 614 g/mol. The first kappa shape index (κ1) is 27.0. The van der Waals surface area contributed by atoms with Crippen molar-refractivity contribution in [1.82, 2.24) is 0 Å². The summed E-state index contributed by atoms with van der Waals surface area (Å²) in [5, 5.41) is 12.3. The van der Waals surface area contributed by atoms with E-state index in [1.54, 1.807) is 0 Å². The van der Waals surface area contributed by atoms with Gasteiger partial charge in [0.15, 0.2) is 5.58 Å². The van der Waals surface area contributed by atoms with E-state index in [1.807, 2.05) is 0 Å². The molecule has 2 nitrogen and oxygen atoms in total. The van der Waals surface area contributed by atoms with Crippen molar-refractivity contribution in [2.75, 3.05) is 4.90 Å². The average Bonchev–Trinajstić information content (AvgIpc) is 3.56. The van der Waals surface area contributed by atoms with Crippen LogP contribution in [0.2, 0.25) is 0 Å². The van der Waals surface area contributed by atoms with Gasteiger partial charge in [0.1, 0.15) is 5.42 Å². The van der Waals surface area contributed by atoms with Crippen LogP contribution < -0.4 is 15.5 Å². The maximum atomic E-state index is 6.88. The molecule has 0 fully saturated rings. The smallest absolute Gasteiger partial charge is 0.160 e. The molecule has 1 heterocycles. The highest BCUT2D eigenvalue weighted by Gasteiger charge is 2.24. The number of rotatable bonds is 4. The van der Waals surface area contributed by atoms with E-state index in [4.69, 9.17) is 4.42 Å². The molecule has 0 amide bonds. The van der Waals surface area contributed by atoms with Crippen LogP contribution in [-0.2, 0) is 0 Å². The summed E-state index contributed by atoms with van der Waals surface area (Å²) in [5.41, 5.74) is 7.54. The Morgan fingerprint density at radius 2 is 1.04 bits per heavy atom. The van der Waals surface area contributed by atoms with E-state index in [9.17, 15) is 0 Å². The fraction of sp³-hybridized carbons (Fsp3) is 0.0435. The van der Waals surface area contributed by atoms with Crippen molar-refractivity contribution >= 4 is 83.3 Å². The van der Waals surface area contributed by atoms with E-state index < -0.39 is 0 Å². The van der Waals surface area contributed by atoms with E-state index in [2.05, 4.69) is 169 Å². The van der Waals surface area contributed by atoms with E-state index >= 15 is 0 Å². The van der Waals surface area contributed by atoms with Crippen molar-refractivity contribution in [3.8, 4) is 11.1 Å². The Morgan fingerprint density at radius 3 is 1.85 bits per heavy atom. The first-order valence-electron chi connectivity index (χ1n) is 16.8. The lowest BCUT2D eigenvalue weighted by molar-refractivity contribution is 0.572. The Bertz CT molecular complexity index is 2830. The van der Waals surface area contributed by atoms with Gasteiger partial charge in [0.05, 0.1) is 11.4 Å². The summed E-state index contributed by atoms with van der Waals surface area (Å²) in [6.07, 6.45) is 6.62. The summed E-state index contributed by atoms with van der Waals surface area (Å²) in [6.45, 7) is 0. The van der Waals surface area contributed by atoms with E-state index in [0.717, 1.165) is 40.9 Å². The van der Waals surface area contributed by atoms with E-state index in [-0.39, 0.29) is 0 Å². The third kappa shape index (κ3) is 4.13. The lowest BCUT2D eigenvalue weighted by atomic mass is 9.94. The summed E-state index contributed by atoms with van der Waals surface area (Å²) in [6, 6.07) is 55.1. The summed E-state index contributed by atoms with van der Waals surface area (Å²) < 4.78 is 6.88. The fourth-order valence-electron chi connectivity index (χ4n) is 7.82. The van der Waals surface area contributed by atoms with Crippen LogP contribution in [0.5, 0.6) is 0 Å². The van der Waals surface area contributed by atoms with Crippen LogP contribution in [0.15, 0.2) is 156 Å². The van der Waals surface area contributed by atoms with E-state index in [0.29, 0.717) is 0 Å². The summed E-state index contributed by atoms with van der Waals surface area (Å²) >= 11 is 0. The standard InChI is InChI=1S/C46H31NO/c1-2-12-30(13-3-1)31-24-26-35(27-25-31)47(42-28-33-15-5-7-17-37(33)45-40-20-10-11-21-43(40)48-46(42)45)41-29-34-23-22-32-14-4-6-16-36(32)44(34)39-19-9-8-18-38(39)41/h1-9,12-29H,10-11H2. The lowest BCUT2D eigenvalue weighted by Crippen LogP contribution is -2.22. The predicted molar refractivity (Wildman–Crippen MR) is 204 cm³/mol. The normalized spacial score (nSPS) is 12.8. The minimum Gasteiger partial charge on any atom is -0.454 e. The summed E-state index contributed by atoms with van der Waals surface area (Å²) in [4.78, 5) is 2.43. The molecule has 10 rings (SSSR count). The summed E-state index contributed by atoms with van der Waals surface area (Å²) in [7, 11) is 0. The lowest BCUT2D eigenvalue weighted by Gasteiger charge is -2.28. The van der Waals surface area contributed by atoms with Crippen LogP contribution in [0.3, 0.4) is 0 Å². The number of anilines is 3. The molecule has 48 heavy (non-hydrogen) atoms. The van der Waals surface area contributed by atoms with Crippen molar-refractivity contribution in [2.24, 2.45) is 0 Å². The monoisotopic (exact) mass is 613 g/mol. The van der Waals surface area contributed by atoms with Crippen molar-refractivity contribution < 1.29 is 4.42 Å². The topological polar surface area (TPSA) is 16.4 Å². The number of benzene rings is 8. The van der Waals surface area contributed by atoms with Gasteiger partial charge in [-0.15, -0.1) is 0 Å². The van der Waals surface area contributed by atoms with Crippen LogP contribution in [0.25, 0.3) is 77.3 Å². The Hall–Kier alpha value is -6.12. The first-order chi connectivity index (χ1) is 23.8. The van der Waals surface area contributed by atoms with Crippen LogP contribution in [0, 0.1) is 0 Å². The molecule has 0 radical (unpaired) electrons. The molecular weight excluding hydrogens is 583 g/mol. The molecule has 9 aromatic rings. The fourth-order valence-corrected chi connectivity index (χ4v) is 7.82. The summed E-state index contributed by atoms with van der Waals surface area (Å²) in [5.74, 6) is 0. The van der Waals surface area contributed by atoms with Crippen LogP contribution in [0.4, 0.5) is 17.1 Å². The third-order valence-electron chi connectivity index (χ3n) is 10.0. The third-order valence-corrected chi connectivity index (χ3v) is 10.0. The molecule has 8 aromatic carbocycles. The molecule has 0 aliphatic heterocycles. The van der Waals surface area contributed by atoms with Crippen molar-refractivity contribution in [1.29, 1.82) is 0 Å². The highest BCUT2D eigenvalue weighted by molar-refractivity contribution is 6.24.